The van der Waals surface area contributed by atoms with Gasteiger partial charge in [-0.3, -0.25) is 4.79 Å². The lowest BCUT2D eigenvalue weighted by atomic mass is 10.2. The number of rotatable bonds is 3. The van der Waals surface area contributed by atoms with Gasteiger partial charge in [-0.25, -0.2) is 0 Å². The molecule has 0 heterocycles. The van der Waals surface area contributed by atoms with Crippen molar-refractivity contribution in [2.24, 2.45) is 5.92 Å². The Balaban J connectivity index is 3.45. The normalized spacial score (nSPS) is 14.5. The highest BCUT2D eigenvalue weighted by molar-refractivity contribution is 5.71. The van der Waals surface area contributed by atoms with Crippen molar-refractivity contribution in [3.8, 4) is 0 Å². The Morgan fingerprint density at radius 3 is 3.12 bits per heavy atom. The molecule has 3 heteroatoms. The minimum Gasteiger partial charge on any atom is -0.469 e. The molecule has 3 nitrogen and oxygen atoms in total. The molecule has 0 aliphatic carbocycles. The lowest BCUT2D eigenvalue weighted by Gasteiger charge is -2.02. The average Bonchev–Trinajstić information content (AvgIpc) is 1.87. The van der Waals surface area contributed by atoms with Crippen LogP contribution in [0.2, 0.25) is 0 Å². The minimum atomic E-state index is -0.345. The van der Waals surface area contributed by atoms with Gasteiger partial charge in [-0.05, 0) is 6.92 Å². The Hall–Kier alpha value is -0.570. The third-order valence-corrected chi connectivity index (χ3v) is 0.854. The summed E-state index contributed by atoms with van der Waals surface area (Å²) in [6.07, 6.45) is 0. The van der Waals surface area contributed by atoms with Crippen LogP contribution in [0.3, 0.4) is 0 Å². The molecule has 0 aliphatic rings. The Bertz CT molecular complexity index is 94.2. The summed E-state index contributed by atoms with van der Waals surface area (Å²) in [5.74, 6) is -0.685. The first-order valence-corrected chi connectivity index (χ1v) is 2.38. The standard InChI is InChI=1S/C5H10O3/c1-4(3-6)5(7)8-2/h4,6H,3H2,1-2H3/t4-/m0/s1/i6T. The monoisotopic (exact) mass is 120 g/mol. The van der Waals surface area contributed by atoms with Crippen molar-refractivity contribution in [2.75, 3.05) is 13.7 Å². The molecule has 0 aromatic rings. The number of carbonyl (C=O) groups is 1. The number of hydrogen-bond donors (Lipinski definition) is 1. The highest BCUT2D eigenvalue weighted by Crippen LogP contribution is 1.93. The minimum absolute atomic E-state index is 0.0900. The van der Waals surface area contributed by atoms with Crippen molar-refractivity contribution in [3.05, 3.63) is 0 Å². The topological polar surface area (TPSA) is 46.5 Å². The molecule has 0 spiro atoms. The molecule has 0 aromatic heterocycles. The van der Waals surface area contributed by atoms with Gasteiger partial charge < -0.3 is 9.85 Å². The lowest BCUT2D eigenvalue weighted by molar-refractivity contribution is -0.146. The van der Waals surface area contributed by atoms with Crippen LogP contribution < -0.4 is 0 Å². The van der Waals surface area contributed by atoms with Gasteiger partial charge in [0.25, 0.3) is 0 Å². The molecule has 1 N–H and O–H groups in total. The summed E-state index contributed by atoms with van der Waals surface area (Å²) < 4.78 is 10.7. The molecule has 0 aliphatic heterocycles. The van der Waals surface area contributed by atoms with E-state index in [1.807, 2.05) is 0 Å². The van der Waals surface area contributed by atoms with Gasteiger partial charge >= 0.3 is 5.97 Å². The maximum absolute atomic E-state index is 10.5. The van der Waals surface area contributed by atoms with Gasteiger partial charge in [-0.2, -0.15) is 0 Å². The van der Waals surface area contributed by atoms with Crippen molar-refractivity contribution in [3.63, 3.8) is 0 Å². The molecule has 0 saturated heterocycles. The van der Waals surface area contributed by atoms with Crippen LogP contribution in [0.25, 0.3) is 0 Å². The van der Waals surface area contributed by atoms with E-state index in [2.05, 4.69) is 9.85 Å². The van der Waals surface area contributed by atoms with Crippen LogP contribution in [0.4, 0.5) is 0 Å². The van der Waals surface area contributed by atoms with E-state index in [0.717, 1.165) is 0 Å². The molecule has 0 unspecified atom stereocenters. The van der Waals surface area contributed by atoms with Crippen molar-refractivity contribution < 1.29 is 14.6 Å². The summed E-state index contributed by atoms with van der Waals surface area (Å²) in [5, 5.41) is 3.98. The molecular weight excluding hydrogens is 108 g/mol. The zero-order chi connectivity index (χ0) is 7.28. The van der Waals surface area contributed by atoms with Crippen LogP contribution in [0.5, 0.6) is 0 Å². The van der Waals surface area contributed by atoms with Crippen LogP contribution in [0.15, 0.2) is 0 Å². The highest BCUT2D eigenvalue weighted by Gasteiger charge is 2.09. The van der Waals surface area contributed by atoms with Crippen molar-refractivity contribution in [1.29, 1.82) is 1.43 Å². The van der Waals surface area contributed by atoms with Crippen molar-refractivity contribution in [1.82, 2.24) is 0 Å². The first-order valence-electron chi connectivity index (χ1n) is 2.79. The van der Waals surface area contributed by atoms with Crippen molar-refractivity contribution >= 4 is 5.97 Å². The maximum atomic E-state index is 10.5. The molecule has 0 bridgehead atoms. The fourth-order valence-electron chi connectivity index (χ4n) is 0.269. The van der Waals surface area contributed by atoms with Gasteiger partial charge in [0.2, 0.25) is 1.43 Å². The fourth-order valence-corrected chi connectivity index (χ4v) is 0.269. The van der Waals surface area contributed by atoms with Crippen LogP contribution in [0.1, 0.15) is 6.92 Å². The number of ether oxygens (including phenoxy) is 1. The van der Waals surface area contributed by atoms with Gasteiger partial charge in [0.1, 0.15) is 0 Å². The Kier molecular flexibility index (Phi) is 2.39. The summed E-state index contributed by atoms with van der Waals surface area (Å²) in [4.78, 5) is 10.5. The smallest absolute Gasteiger partial charge is 0.310 e. The third-order valence-electron chi connectivity index (χ3n) is 0.854. The number of aliphatic hydroxyl groups is 1. The zero-order valence-corrected chi connectivity index (χ0v) is 5.01. The number of esters is 1. The molecule has 0 fully saturated rings. The highest BCUT2D eigenvalue weighted by atomic mass is 16.5. The third kappa shape index (κ3) is 1.93. The van der Waals surface area contributed by atoms with Crippen LogP contribution in [-0.4, -0.2) is 26.2 Å². The van der Waals surface area contributed by atoms with Crippen LogP contribution in [0, 0.1) is 5.92 Å². The SMILES string of the molecule is [3H]OC[C@H](C)C(=O)OC. The van der Waals surface area contributed by atoms with Gasteiger partial charge in [-0.1, -0.05) is 0 Å². The van der Waals surface area contributed by atoms with Crippen LogP contribution in [-0.2, 0) is 9.53 Å². The number of hydrogen-bond acceptors (Lipinski definition) is 3. The summed E-state index contributed by atoms with van der Waals surface area (Å²) in [6.45, 7) is 1.73. The zero-order valence-electron chi connectivity index (χ0n) is 6.01. The summed E-state index contributed by atoms with van der Waals surface area (Å²) in [7, 11) is 1.31. The first-order chi connectivity index (χ1) is 4.22. The van der Waals surface area contributed by atoms with Gasteiger partial charge in [0.05, 0.1) is 19.6 Å². The maximum Gasteiger partial charge on any atom is 0.310 e. The average molecular weight is 120 g/mol. The Morgan fingerprint density at radius 1 is 2.12 bits per heavy atom. The number of methoxy groups -OCH3 is 1. The second-order valence-electron chi connectivity index (χ2n) is 1.59. The summed E-state index contributed by atoms with van der Waals surface area (Å²) in [5.41, 5.74) is 0. The molecular formula is C5H10O3. The largest absolute Gasteiger partial charge is 0.469 e. The van der Waals surface area contributed by atoms with E-state index in [1.54, 1.807) is 6.92 Å². The van der Waals surface area contributed by atoms with E-state index in [9.17, 15) is 4.79 Å². The van der Waals surface area contributed by atoms with E-state index < -0.39 is 0 Å². The first kappa shape index (κ1) is 5.56. The number of carbonyl (C=O) groups excluding carboxylic acids is 1. The van der Waals surface area contributed by atoms with Gasteiger partial charge in [0, 0.05) is 0 Å². The van der Waals surface area contributed by atoms with Gasteiger partial charge in [-0.15, -0.1) is 0 Å². The molecule has 1 atom stereocenters. The summed E-state index contributed by atoms with van der Waals surface area (Å²) in [6, 6.07) is 0. The second-order valence-corrected chi connectivity index (χ2v) is 1.59. The molecule has 0 radical (unpaired) electrons. The number of aliphatic hydroxyl groups excluding tert-OH is 1. The van der Waals surface area contributed by atoms with Crippen LogP contribution >= 0.6 is 0 Å². The van der Waals surface area contributed by atoms with E-state index in [0.29, 0.717) is 0 Å². The van der Waals surface area contributed by atoms with E-state index in [1.165, 1.54) is 7.11 Å². The van der Waals surface area contributed by atoms with E-state index in [4.69, 9.17) is 1.43 Å². The lowest BCUT2D eigenvalue weighted by Crippen LogP contribution is -2.15. The fraction of sp³-hybridized carbons (Fsp3) is 0.800. The predicted octanol–water partition coefficient (Wildman–Crippen LogP) is -0.212. The molecule has 0 amide bonds. The molecule has 0 saturated carbocycles. The second kappa shape index (κ2) is 3.43. The Labute approximate surface area is 49.8 Å². The molecule has 8 heavy (non-hydrogen) atoms. The van der Waals surface area contributed by atoms with Crippen molar-refractivity contribution in [2.45, 2.75) is 6.92 Å². The molecule has 48 valence electrons. The van der Waals surface area contributed by atoms with E-state index >= 15 is 0 Å². The quantitative estimate of drug-likeness (QED) is 0.524. The van der Waals surface area contributed by atoms with E-state index in [-0.39, 0.29) is 18.5 Å². The molecule has 0 aromatic carbocycles. The summed E-state index contributed by atoms with van der Waals surface area (Å²) >= 11 is 0. The van der Waals surface area contributed by atoms with Gasteiger partial charge in [0.15, 0.2) is 0 Å². The molecule has 0 rings (SSSR count). The predicted molar refractivity (Wildman–Crippen MR) is 28.3 cm³/mol. The Morgan fingerprint density at radius 2 is 2.75 bits per heavy atom.